The van der Waals surface area contributed by atoms with E-state index in [0.29, 0.717) is 26.9 Å². The van der Waals surface area contributed by atoms with Crippen LogP contribution in [0, 0.1) is 6.92 Å². The van der Waals surface area contributed by atoms with Crippen LogP contribution in [0.5, 0.6) is 0 Å². The van der Waals surface area contributed by atoms with E-state index < -0.39 is 17.8 Å². The van der Waals surface area contributed by atoms with Crippen LogP contribution in [0.15, 0.2) is 34.7 Å². The highest BCUT2D eigenvalue weighted by Gasteiger charge is 2.27. The number of anilines is 1. The zero-order valence-electron chi connectivity index (χ0n) is 18.8. The number of ether oxygens (including phenoxy) is 2. The van der Waals surface area contributed by atoms with Crippen LogP contribution in [-0.4, -0.2) is 36.2 Å². The monoisotopic (exact) mass is 554 g/mol. The summed E-state index contributed by atoms with van der Waals surface area (Å²) in [5.41, 5.74) is 1.04. The third kappa shape index (κ3) is 6.02. The number of rotatable bonds is 7. The molecule has 12 heteroatoms. The largest absolute Gasteiger partial charge is 0.462 e. The number of esters is 2. The molecule has 1 amide bonds. The van der Waals surface area contributed by atoms with Gasteiger partial charge in [0.15, 0.2) is 10.9 Å². The molecule has 2 N–H and O–H groups in total. The van der Waals surface area contributed by atoms with Crippen molar-refractivity contribution < 1.29 is 28.3 Å². The molecule has 0 atom stereocenters. The van der Waals surface area contributed by atoms with Crippen molar-refractivity contribution in [3.05, 3.63) is 62.1 Å². The number of nitrogens with one attached hydrogen (secondary N) is 2. The summed E-state index contributed by atoms with van der Waals surface area (Å²) < 4.78 is 15.8. The van der Waals surface area contributed by atoms with E-state index in [2.05, 4.69) is 10.6 Å². The SMILES string of the molecule is CCOC(=O)c1sc(NC(=S)NC(=O)c2ccc(-c3cccc(Cl)c3Cl)o2)c(C(=O)OCC)c1C. The van der Waals surface area contributed by atoms with Gasteiger partial charge in [-0.2, -0.15) is 0 Å². The van der Waals surface area contributed by atoms with Gasteiger partial charge in [0.25, 0.3) is 5.91 Å². The predicted molar refractivity (Wildman–Crippen MR) is 139 cm³/mol. The average Bonchev–Trinajstić information content (AvgIpc) is 3.41. The molecule has 0 aliphatic carbocycles. The summed E-state index contributed by atoms with van der Waals surface area (Å²) in [5.74, 6) is -1.53. The maximum Gasteiger partial charge on any atom is 0.348 e. The number of halogens is 2. The first-order valence-corrected chi connectivity index (χ1v) is 12.3. The minimum absolute atomic E-state index is 0.0274. The quantitative estimate of drug-likeness (QED) is 0.266. The van der Waals surface area contributed by atoms with Crippen molar-refractivity contribution in [1.29, 1.82) is 0 Å². The Bertz CT molecular complexity index is 1300. The van der Waals surface area contributed by atoms with E-state index in [-0.39, 0.29) is 39.5 Å². The molecule has 0 radical (unpaired) electrons. The van der Waals surface area contributed by atoms with Crippen LogP contribution in [0.1, 0.15) is 50.0 Å². The molecular weight excluding hydrogens is 535 g/mol. The van der Waals surface area contributed by atoms with E-state index >= 15 is 0 Å². The van der Waals surface area contributed by atoms with Crippen LogP contribution >= 0.6 is 46.8 Å². The van der Waals surface area contributed by atoms with E-state index in [9.17, 15) is 14.4 Å². The number of benzene rings is 1. The topological polar surface area (TPSA) is 107 Å². The Kier molecular flexibility index (Phi) is 8.90. The molecule has 2 aromatic heterocycles. The van der Waals surface area contributed by atoms with Crippen molar-refractivity contribution in [2.45, 2.75) is 20.8 Å². The predicted octanol–water partition coefficient (Wildman–Crippen LogP) is 6.10. The van der Waals surface area contributed by atoms with Gasteiger partial charge in [0.1, 0.15) is 15.6 Å². The maximum atomic E-state index is 12.7. The lowest BCUT2D eigenvalue weighted by molar-refractivity contribution is 0.0527. The summed E-state index contributed by atoms with van der Waals surface area (Å²) in [7, 11) is 0. The Morgan fingerprint density at radius 3 is 2.43 bits per heavy atom. The highest BCUT2D eigenvalue weighted by molar-refractivity contribution is 7.80. The summed E-state index contributed by atoms with van der Waals surface area (Å²) >= 11 is 18.5. The first-order valence-electron chi connectivity index (χ1n) is 10.3. The van der Waals surface area contributed by atoms with Crippen LogP contribution in [-0.2, 0) is 9.47 Å². The number of hydrogen-bond donors (Lipinski definition) is 2. The number of furan rings is 1. The molecule has 184 valence electrons. The van der Waals surface area contributed by atoms with Gasteiger partial charge >= 0.3 is 11.9 Å². The smallest absolute Gasteiger partial charge is 0.348 e. The lowest BCUT2D eigenvalue weighted by atomic mass is 10.1. The van der Waals surface area contributed by atoms with E-state index in [1.54, 1.807) is 45.0 Å². The highest BCUT2D eigenvalue weighted by Crippen LogP contribution is 2.35. The second-order valence-electron chi connectivity index (χ2n) is 6.87. The average molecular weight is 555 g/mol. The van der Waals surface area contributed by atoms with Gasteiger partial charge in [-0.25, -0.2) is 9.59 Å². The molecular formula is C23H20Cl2N2O6S2. The molecule has 3 aromatic rings. The molecule has 0 bridgehead atoms. The summed E-state index contributed by atoms with van der Waals surface area (Å²) in [6.07, 6.45) is 0. The minimum atomic E-state index is -0.637. The van der Waals surface area contributed by atoms with E-state index in [1.807, 2.05) is 0 Å². The fourth-order valence-electron chi connectivity index (χ4n) is 3.04. The third-order valence-corrected chi connectivity index (χ3v) is 6.80. The molecule has 0 fully saturated rings. The van der Waals surface area contributed by atoms with Crippen molar-refractivity contribution in [3.8, 4) is 11.3 Å². The fraction of sp³-hybridized carbons (Fsp3) is 0.217. The van der Waals surface area contributed by atoms with Gasteiger partial charge in [0.2, 0.25) is 0 Å². The molecule has 0 unspecified atom stereocenters. The number of hydrogen-bond acceptors (Lipinski definition) is 8. The maximum absolute atomic E-state index is 12.7. The van der Waals surface area contributed by atoms with Gasteiger partial charge in [0, 0.05) is 5.56 Å². The molecule has 2 heterocycles. The Morgan fingerprint density at radius 1 is 1.06 bits per heavy atom. The van der Waals surface area contributed by atoms with E-state index in [0.717, 1.165) is 11.3 Å². The fourth-order valence-corrected chi connectivity index (χ4v) is 4.79. The Morgan fingerprint density at radius 2 is 1.74 bits per heavy atom. The van der Waals surface area contributed by atoms with Crippen molar-refractivity contribution in [3.63, 3.8) is 0 Å². The first kappa shape index (κ1) is 26.7. The van der Waals surface area contributed by atoms with Crippen LogP contribution in [0.2, 0.25) is 10.0 Å². The number of thiocarbonyl (C=S) groups is 1. The number of carbonyl (C=O) groups excluding carboxylic acids is 3. The van der Waals surface area contributed by atoms with E-state index in [4.69, 9.17) is 49.3 Å². The van der Waals surface area contributed by atoms with Crippen molar-refractivity contribution in [2.75, 3.05) is 18.5 Å². The lowest BCUT2D eigenvalue weighted by Gasteiger charge is -2.09. The van der Waals surface area contributed by atoms with Crippen molar-refractivity contribution >= 4 is 74.7 Å². The van der Waals surface area contributed by atoms with Crippen LogP contribution in [0.3, 0.4) is 0 Å². The van der Waals surface area contributed by atoms with Gasteiger partial charge in [0.05, 0.1) is 28.8 Å². The summed E-state index contributed by atoms with van der Waals surface area (Å²) in [6, 6.07) is 8.09. The van der Waals surface area contributed by atoms with Gasteiger partial charge in [-0.3, -0.25) is 10.1 Å². The summed E-state index contributed by atoms with van der Waals surface area (Å²) in [5, 5.41) is 6.04. The second-order valence-corrected chi connectivity index (χ2v) is 9.09. The molecule has 0 aliphatic heterocycles. The lowest BCUT2D eigenvalue weighted by Crippen LogP contribution is -2.34. The van der Waals surface area contributed by atoms with Gasteiger partial charge in [-0.05, 0) is 62.8 Å². The molecule has 0 aliphatic rings. The molecule has 3 rings (SSSR count). The van der Waals surface area contributed by atoms with Crippen molar-refractivity contribution in [1.82, 2.24) is 5.32 Å². The van der Waals surface area contributed by atoms with Gasteiger partial charge in [-0.1, -0.05) is 29.3 Å². The zero-order valence-corrected chi connectivity index (χ0v) is 22.0. The second kappa shape index (κ2) is 11.7. The van der Waals surface area contributed by atoms with Gasteiger partial charge in [-0.15, -0.1) is 11.3 Å². The van der Waals surface area contributed by atoms with Crippen LogP contribution < -0.4 is 10.6 Å². The molecule has 1 aromatic carbocycles. The Labute approximate surface area is 220 Å². The molecule has 35 heavy (non-hydrogen) atoms. The number of amides is 1. The first-order chi connectivity index (χ1) is 16.7. The van der Waals surface area contributed by atoms with Crippen molar-refractivity contribution in [2.24, 2.45) is 0 Å². The van der Waals surface area contributed by atoms with Crippen LogP contribution in [0.4, 0.5) is 5.00 Å². The Hall–Kier alpha value is -2.92. The van der Waals surface area contributed by atoms with Gasteiger partial charge < -0.3 is 19.2 Å². The van der Waals surface area contributed by atoms with E-state index in [1.165, 1.54) is 6.07 Å². The standard InChI is InChI=1S/C23H20Cl2N2O6S2/c1-4-31-21(29)16-11(3)18(22(30)32-5-2)35-20(16)27-23(34)26-19(28)15-10-9-14(33-15)12-7-6-8-13(24)17(12)25/h6-10H,4-5H2,1-3H3,(H2,26,27,28,34). The summed E-state index contributed by atoms with van der Waals surface area (Å²) in [4.78, 5) is 37.7. The third-order valence-electron chi connectivity index (χ3n) is 4.59. The molecule has 0 spiro atoms. The number of thiophene rings is 1. The molecule has 0 saturated heterocycles. The summed E-state index contributed by atoms with van der Waals surface area (Å²) in [6.45, 7) is 5.26. The molecule has 8 nitrogen and oxygen atoms in total. The number of carbonyl (C=O) groups is 3. The minimum Gasteiger partial charge on any atom is -0.462 e. The van der Waals surface area contributed by atoms with Crippen LogP contribution in [0.25, 0.3) is 11.3 Å². The molecule has 0 saturated carbocycles. The Balaban J connectivity index is 1.79. The zero-order chi connectivity index (χ0) is 25.7. The highest BCUT2D eigenvalue weighted by atomic mass is 35.5. The normalized spacial score (nSPS) is 10.5.